The van der Waals surface area contributed by atoms with Gasteiger partial charge >= 0.3 is 6.03 Å². The monoisotopic (exact) mass is 368 g/mol. The van der Waals surface area contributed by atoms with E-state index < -0.39 is 5.82 Å². The summed E-state index contributed by atoms with van der Waals surface area (Å²) in [6.45, 7) is 0.425. The number of urea groups is 1. The Morgan fingerprint density at radius 3 is 2.04 bits per heavy atom. The molecule has 0 aliphatic heterocycles. The highest BCUT2D eigenvalue weighted by atomic mass is 35.5. The van der Waals surface area contributed by atoms with Gasteiger partial charge in [-0.3, -0.25) is 0 Å². The van der Waals surface area contributed by atoms with Crippen molar-refractivity contribution in [2.45, 2.75) is 5.92 Å². The zero-order valence-corrected chi connectivity index (χ0v) is 14.7. The summed E-state index contributed by atoms with van der Waals surface area (Å²) < 4.78 is 13.2. The van der Waals surface area contributed by atoms with Crippen molar-refractivity contribution in [1.82, 2.24) is 5.32 Å². The maximum absolute atomic E-state index is 13.2. The Kier molecular flexibility index (Phi) is 5.87. The van der Waals surface area contributed by atoms with Gasteiger partial charge in [0.1, 0.15) is 5.82 Å². The lowest BCUT2D eigenvalue weighted by molar-refractivity contribution is 0.252. The average Bonchev–Trinajstić information content (AvgIpc) is 2.67. The number of benzene rings is 3. The number of carbonyl (C=O) groups is 1. The van der Waals surface area contributed by atoms with Crippen LogP contribution in [0.25, 0.3) is 0 Å². The molecular weight excluding hydrogens is 351 g/mol. The van der Waals surface area contributed by atoms with Gasteiger partial charge in [0.25, 0.3) is 0 Å². The van der Waals surface area contributed by atoms with Crippen molar-refractivity contribution >= 4 is 23.3 Å². The predicted molar refractivity (Wildman–Crippen MR) is 103 cm³/mol. The molecule has 0 saturated carbocycles. The van der Waals surface area contributed by atoms with E-state index in [9.17, 15) is 9.18 Å². The van der Waals surface area contributed by atoms with Crippen LogP contribution in [-0.4, -0.2) is 12.6 Å². The number of anilines is 1. The molecule has 2 N–H and O–H groups in total. The van der Waals surface area contributed by atoms with E-state index in [4.69, 9.17) is 11.6 Å². The molecule has 26 heavy (non-hydrogen) atoms. The Hall–Kier alpha value is -2.85. The topological polar surface area (TPSA) is 41.1 Å². The molecule has 0 atom stereocenters. The van der Waals surface area contributed by atoms with Gasteiger partial charge < -0.3 is 10.6 Å². The SMILES string of the molecule is O=C(NCC(c1ccccc1)c1ccccc1)Nc1ccc(F)c(Cl)c1. The number of hydrogen-bond donors (Lipinski definition) is 2. The molecule has 5 heteroatoms. The van der Waals surface area contributed by atoms with Crippen molar-refractivity contribution < 1.29 is 9.18 Å². The summed E-state index contributed by atoms with van der Waals surface area (Å²) >= 11 is 5.74. The molecule has 0 heterocycles. The molecule has 3 aromatic carbocycles. The maximum Gasteiger partial charge on any atom is 0.319 e. The lowest BCUT2D eigenvalue weighted by Crippen LogP contribution is -2.32. The maximum atomic E-state index is 13.2. The quantitative estimate of drug-likeness (QED) is 0.619. The van der Waals surface area contributed by atoms with Gasteiger partial charge in [0.15, 0.2) is 0 Å². The molecule has 0 aromatic heterocycles. The third-order valence-electron chi connectivity index (χ3n) is 4.05. The van der Waals surface area contributed by atoms with E-state index in [-0.39, 0.29) is 17.0 Å². The fourth-order valence-corrected chi connectivity index (χ4v) is 2.92. The standard InChI is InChI=1S/C21H18ClFN2O/c22-19-13-17(11-12-20(19)23)25-21(26)24-14-18(15-7-3-1-4-8-15)16-9-5-2-6-10-16/h1-13,18H,14H2,(H2,24,25,26). The molecule has 0 aliphatic carbocycles. The van der Waals surface area contributed by atoms with Crippen LogP contribution in [0.3, 0.4) is 0 Å². The minimum absolute atomic E-state index is 0.0277. The Bertz CT molecular complexity index is 832. The summed E-state index contributed by atoms with van der Waals surface area (Å²) in [5.41, 5.74) is 2.66. The highest BCUT2D eigenvalue weighted by Crippen LogP contribution is 2.24. The van der Waals surface area contributed by atoms with Crippen LogP contribution in [0, 0.1) is 5.82 Å². The molecule has 0 radical (unpaired) electrons. The van der Waals surface area contributed by atoms with E-state index in [2.05, 4.69) is 10.6 Å². The van der Waals surface area contributed by atoms with Crippen LogP contribution in [0.15, 0.2) is 78.9 Å². The molecule has 3 nitrogen and oxygen atoms in total. The molecule has 0 saturated heterocycles. The lowest BCUT2D eigenvalue weighted by Gasteiger charge is -2.19. The van der Waals surface area contributed by atoms with Gasteiger partial charge in [0.05, 0.1) is 5.02 Å². The first-order valence-electron chi connectivity index (χ1n) is 8.23. The van der Waals surface area contributed by atoms with Crippen LogP contribution in [-0.2, 0) is 0 Å². The van der Waals surface area contributed by atoms with Crippen molar-refractivity contribution in [3.05, 3.63) is 101 Å². The van der Waals surface area contributed by atoms with E-state index in [1.807, 2.05) is 60.7 Å². The summed E-state index contributed by atoms with van der Waals surface area (Å²) in [5.74, 6) is -0.495. The predicted octanol–water partition coefficient (Wildman–Crippen LogP) is 5.43. The number of amides is 2. The van der Waals surface area contributed by atoms with Gasteiger partial charge in [-0.05, 0) is 29.3 Å². The van der Waals surface area contributed by atoms with Crippen molar-refractivity contribution in [3.8, 4) is 0 Å². The van der Waals surface area contributed by atoms with Gasteiger partial charge in [0, 0.05) is 18.2 Å². The highest BCUT2D eigenvalue weighted by Gasteiger charge is 2.15. The summed E-state index contributed by atoms with van der Waals surface area (Å²) in [5, 5.41) is 5.51. The molecule has 2 amide bonds. The van der Waals surface area contributed by atoms with Crippen molar-refractivity contribution in [1.29, 1.82) is 0 Å². The van der Waals surface area contributed by atoms with Gasteiger partial charge in [0.2, 0.25) is 0 Å². The van der Waals surface area contributed by atoms with Crippen LogP contribution in [0.5, 0.6) is 0 Å². The molecule has 0 fully saturated rings. The van der Waals surface area contributed by atoms with Crippen LogP contribution in [0.1, 0.15) is 17.0 Å². The molecule has 0 aliphatic rings. The first-order valence-corrected chi connectivity index (χ1v) is 8.61. The third-order valence-corrected chi connectivity index (χ3v) is 4.34. The second-order valence-corrected chi connectivity index (χ2v) is 6.25. The number of rotatable bonds is 5. The van der Waals surface area contributed by atoms with Crippen LogP contribution < -0.4 is 10.6 Å². The van der Waals surface area contributed by atoms with Crippen molar-refractivity contribution in [2.24, 2.45) is 0 Å². The minimum atomic E-state index is -0.522. The van der Waals surface area contributed by atoms with Crippen molar-refractivity contribution in [2.75, 3.05) is 11.9 Å². The zero-order chi connectivity index (χ0) is 18.4. The molecule has 0 spiro atoms. The third kappa shape index (κ3) is 4.61. The average molecular weight is 369 g/mol. The Labute approximate surface area is 156 Å². The second kappa shape index (κ2) is 8.50. The lowest BCUT2D eigenvalue weighted by atomic mass is 9.91. The molecular formula is C21H18ClFN2O. The first-order chi connectivity index (χ1) is 12.6. The Balaban J connectivity index is 1.69. The van der Waals surface area contributed by atoms with E-state index in [0.29, 0.717) is 12.2 Å². The van der Waals surface area contributed by atoms with E-state index in [1.165, 1.54) is 18.2 Å². The van der Waals surface area contributed by atoms with E-state index in [0.717, 1.165) is 11.1 Å². The van der Waals surface area contributed by atoms with Gasteiger partial charge in [-0.1, -0.05) is 72.3 Å². The van der Waals surface area contributed by atoms with Crippen LogP contribution in [0.2, 0.25) is 5.02 Å². The second-order valence-electron chi connectivity index (χ2n) is 5.84. The molecule has 3 aromatic rings. The normalized spacial score (nSPS) is 10.6. The zero-order valence-electron chi connectivity index (χ0n) is 14.0. The number of nitrogens with one attached hydrogen (secondary N) is 2. The highest BCUT2D eigenvalue weighted by molar-refractivity contribution is 6.31. The molecule has 0 bridgehead atoms. The Morgan fingerprint density at radius 1 is 0.923 bits per heavy atom. The minimum Gasteiger partial charge on any atom is -0.337 e. The first kappa shape index (κ1) is 18.0. The van der Waals surface area contributed by atoms with Crippen molar-refractivity contribution in [3.63, 3.8) is 0 Å². The Morgan fingerprint density at radius 2 is 1.50 bits per heavy atom. The van der Waals surface area contributed by atoms with Crippen LogP contribution >= 0.6 is 11.6 Å². The number of hydrogen-bond acceptors (Lipinski definition) is 1. The van der Waals surface area contributed by atoms with Gasteiger partial charge in [-0.25, -0.2) is 9.18 Å². The number of carbonyl (C=O) groups excluding carboxylic acids is 1. The summed E-state index contributed by atoms with van der Waals surface area (Å²) in [7, 11) is 0. The molecule has 132 valence electrons. The summed E-state index contributed by atoms with van der Waals surface area (Å²) in [6, 6.07) is 23.7. The summed E-state index contributed by atoms with van der Waals surface area (Å²) in [6.07, 6.45) is 0. The summed E-state index contributed by atoms with van der Waals surface area (Å²) in [4.78, 5) is 12.2. The fourth-order valence-electron chi connectivity index (χ4n) is 2.74. The van der Waals surface area contributed by atoms with E-state index >= 15 is 0 Å². The smallest absolute Gasteiger partial charge is 0.319 e. The molecule has 3 rings (SSSR count). The fraction of sp³-hybridized carbons (Fsp3) is 0.0952. The van der Waals surface area contributed by atoms with Gasteiger partial charge in [-0.2, -0.15) is 0 Å². The van der Waals surface area contributed by atoms with E-state index in [1.54, 1.807) is 0 Å². The largest absolute Gasteiger partial charge is 0.337 e. The van der Waals surface area contributed by atoms with Crippen LogP contribution in [0.4, 0.5) is 14.9 Å². The number of halogens is 2. The van der Waals surface area contributed by atoms with Gasteiger partial charge in [-0.15, -0.1) is 0 Å². The molecule has 0 unspecified atom stereocenters.